The Morgan fingerprint density at radius 1 is 1.00 bits per heavy atom. The predicted octanol–water partition coefficient (Wildman–Crippen LogP) is 4.52. The number of nitrogens with zero attached hydrogens (tertiary/aromatic N) is 3. The van der Waals surface area contributed by atoms with Crippen molar-refractivity contribution in [2.45, 2.75) is 44.7 Å². The van der Waals surface area contributed by atoms with Gasteiger partial charge in [0.05, 0.1) is 24.6 Å². The maximum atomic E-state index is 14.2. The van der Waals surface area contributed by atoms with Crippen LogP contribution in [0.3, 0.4) is 0 Å². The lowest BCUT2D eigenvalue weighted by Gasteiger charge is -2.37. The Morgan fingerprint density at radius 2 is 1.77 bits per heavy atom. The number of methoxy groups -OCH3 is 1. The summed E-state index contributed by atoms with van der Waals surface area (Å²) in [5.74, 6) is 0.271. The second kappa shape index (κ2) is 13.3. The molecule has 2 N–H and O–H groups in total. The lowest BCUT2D eigenvalue weighted by atomic mass is 9.98. The molecule has 0 saturated carbocycles. The second-order valence-electron chi connectivity index (χ2n) is 11.8. The molecule has 2 aliphatic rings. The molecule has 1 saturated heterocycles. The molecule has 1 amide bonds. The topological polar surface area (TPSA) is 118 Å². The van der Waals surface area contributed by atoms with Crippen molar-refractivity contribution < 1.29 is 27.8 Å². The number of nitrogens with two attached hydrogens (primary N) is 1. The summed E-state index contributed by atoms with van der Waals surface area (Å²) in [7, 11) is 1.44. The Hall–Kier alpha value is -5.13. The van der Waals surface area contributed by atoms with E-state index < -0.39 is 30.2 Å². The van der Waals surface area contributed by atoms with Gasteiger partial charge in [0.1, 0.15) is 12.4 Å². The summed E-state index contributed by atoms with van der Waals surface area (Å²) in [6, 6.07) is 17.5. The number of hydrogen-bond acceptors (Lipinski definition) is 7. The van der Waals surface area contributed by atoms with Crippen molar-refractivity contribution in [3.8, 4) is 17.2 Å². The monoisotopic (exact) mass is 646 g/mol. The summed E-state index contributed by atoms with van der Waals surface area (Å²) in [4.78, 5) is 41.8. The average Bonchev–Trinajstić information content (AvgIpc) is 3.41. The first-order valence-corrected chi connectivity index (χ1v) is 15.5. The van der Waals surface area contributed by atoms with Gasteiger partial charge in [0.2, 0.25) is 0 Å². The zero-order valence-electron chi connectivity index (χ0n) is 26.2. The molecule has 2 heterocycles. The van der Waals surface area contributed by atoms with E-state index in [0.29, 0.717) is 29.7 Å². The number of aromatic nitrogens is 2. The minimum atomic E-state index is -2.69. The number of fused-ring (bicyclic) bond motifs is 2. The lowest BCUT2D eigenvalue weighted by molar-refractivity contribution is -0.119. The van der Waals surface area contributed by atoms with Crippen LogP contribution in [-0.2, 0) is 11.3 Å². The molecule has 1 aromatic heterocycles. The molecule has 246 valence electrons. The van der Waals surface area contributed by atoms with Crippen molar-refractivity contribution in [2.24, 2.45) is 5.73 Å². The molecule has 10 nitrogen and oxygen atoms in total. The van der Waals surface area contributed by atoms with Crippen LogP contribution < -0.4 is 31.2 Å². The van der Waals surface area contributed by atoms with Crippen molar-refractivity contribution >= 4 is 22.9 Å². The van der Waals surface area contributed by atoms with Gasteiger partial charge in [-0.1, -0.05) is 37.3 Å². The molecule has 0 spiro atoms. The zero-order valence-corrected chi connectivity index (χ0v) is 26.2. The van der Waals surface area contributed by atoms with Gasteiger partial charge in [-0.2, -0.15) is 0 Å². The van der Waals surface area contributed by atoms with Gasteiger partial charge >= 0.3 is 5.69 Å². The average molecular weight is 647 g/mol. The largest absolute Gasteiger partial charge is 0.493 e. The standard InChI is InChI=1S/C35H36F2N4O6/c1-21-26-6-4-3-5-23(26)16-29(21)39-13-11-24(12-14-39)41-28-9-8-25(46-19-32(36)37)17-27(28)34(43)40(35(41)44)18-22-7-10-30(45-2)31(15-22)47-20-33(38)42/h3-10,15-17,21,24,32H,11-14,18-20H2,1-2H3,(H2,38,42). The van der Waals surface area contributed by atoms with Crippen LogP contribution in [0.2, 0.25) is 0 Å². The Bertz CT molecular complexity index is 1960. The zero-order chi connectivity index (χ0) is 33.2. The van der Waals surface area contributed by atoms with Crippen LogP contribution in [0.4, 0.5) is 8.78 Å². The van der Waals surface area contributed by atoms with E-state index in [-0.39, 0.29) is 42.0 Å². The highest BCUT2D eigenvalue weighted by molar-refractivity contribution is 5.80. The third kappa shape index (κ3) is 6.45. The molecule has 1 unspecified atom stereocenters. The van der Waals surface area contributed by atoms with Gasteiger partial charge in [-0.05, 0) is 65.9 Å². The first-order chi connectivity index (χ1) is 22.6. The maximum Gasteiger partial charge on any atom is 0.332 e. The fourth-order valence-corrected chi connectivity index (χ4v) is 6.59. The van der Waals surface area contributed by atoms with Crippen LogP contribution in [0.1, 0.15) is 48.4 Å². The highest BCUT2D eigenvalue weighted by Crippen LogP contribution is 2.39. The predicted molar refractivity (Wildman–Crippen MR) is 173 cm³/mol. The molecule has 1 atom stereocenters. The number of hydrogen-bond donors (Lipinski definition) is 1. The molecule has 0 bridgehead atoms. The molecule has 3 aromatic carbocycles. The smallest absolute Gasteiger partial charge is 0.332 e. The normalized spacial score (nSPS) is 16.3. The van der Waals surface area contributed by atoms with Crippen molar-refractivity contribution in [3.63, 3.8) is 0 Å². The summed E-state index contributed by atoms with van der Waals surface area (Å²) in [6.07, 6.45) is 0.864. The fraction of sp³-hybridized carbons (Fsp3) is 0.343. The van der Waals surface area contributed by atoms with E-state index in [9.17, 15) is 23.2 Å². The Labute approximate surface area is 269 Å². The molecular weight excluding hydrogens is 610 g/mol. The van der Waals surface area contributed by atoms with Crippen LogP contribution in [0.5, 0.6) is 17.2 Å². The van der Waals surface area contributed by atoms with Crippen LogP contribution in [0.15, 0.2) is 75.9 Å². The van der Waals surface area contributed by atoms with E-state index in [1.807, 2.05) is 6.07 Å². The van der Waals surface area contributed by atoms with Gasteiger partial charge in [0.15, 0.2) is 18.1 Å². The van der Waals surface area contributed by atoms with E-state index in [2.05, 4.69) is 36.1 Å². The first-order valence-electron chi connectivity index (χ1n) is 15.5. The van der Waals surface area contributed by atoms with Gasteiger partial charge < -0.3 is 24.8 Å². The van der Waals surface area contributed by atoms with Gasteiger partial charge in [-0.3, -0.25) is 18.7 Å². The van der Waals surface area contributed by atoms with Crippen molar-refractivity contribution in [1.82, 2.24) is 14.0 Å². The summed E-state index contributed by atoms with van der Waals surface area (Å²) in [6.45, 7) is 2.32. The number of ether oxygens (including phenoxy) is 3. The molecule has 4 aromatic rings. The summed E-state index contributed by atoms with van der Waals surface area (Å²) in [5, 5.41) is 0.181. The number of likely N-dealkylation sites (tertiary alicyclic amines) is 1. The summed E-state index contributed by atoms with van der Waals surface area (Å²) in [5.41, 5.74) is 8.90. The molecule has 1 fully saturated rings. The summed E-state index contributed by atoms with van der Waals surface area (Å²) >= 11 is 0. The van der Waals surface area contributed by atoms with Crippen LogP contribution in [0, 0.1) is 0 Å². The minimum Gasteiger partial charge on any atom is -0.493 e. The van der Waals surface area contributed by atoms with Crippen LogP contribution >= 0.6 is 0 Å². The Morgan fingerprint density at radius 3 is 2.47 bits per heavy atom. The van der Waals surface area contributed by atoms with Crippen molar-refractivity contribution in [1.29, 1.82) is 0 Å². The minimum absolute atomic E-state index is 0.106. The first kappa shape index (κ1) is 31.8. The quantitative estimate of drug-likeness (QED) is 0.255. The van der Waals surface area contributed by atoms with E-state index in [1.54, 1.807) is 28.8 Å². The van der Waals surface area contributed by atoms with Gasteiger partial charge in [-0.25, -0.2) is 13.6 Å². The van der Waals surface area contributed by atoms with Gasteiger partial charge in [-0.15, -0.1) is 0 Å². The molecule has 47 heavy (non-hydrogen) atoms. The number of alkyl halides is 2. The van der Waals surface area contributed by atoms with Crippen LogP contribution in [-0.4, -0.2) is 59.8 Å². The molecule has 0 radical (unpaired) electrons. The molecule has 12 heteroatoms. The molecule has 1 aliphatic heterocycles. The number of benzene rings is 3. The lowest BCUT2D eigenvalue weighted by Crippen LogP contribution is -2.44. The molecular formula is C35H36F2N4O6. The second-order valence-corrected chi connectivity index (χ2v) is 11.8. The summed E-state index contributed by atoms with van der Waals surface area (Å²) < 4.78 is 44.7. The number of rotatable bonds is 11. The highest BCUT2D eigenvalue weighted by Gasteiger charge is 2.30. The fourth-order valence-electron chi connectivity index (χ4n) is 6.59. The molecule has 6 rings (SSSR count). The van der Waals surface area contributed by atoms with Gasteiger partial charge in [0, 0.05) is 30.7 Å². The molecule has 1 aliphatic carbocycles. The number of carbonyl (C=O) groups excluding carboxylic acids is 1. The van der Waals surface area contributed by atoms with E-state index in [0.717, 1.165) is 17.7 Å². The number of amides is 1. The number of piperidine rings is 1. The number of primary amides is 1. The third-order valence-electron chi connectivity index (χ3n) is 8.86. The SMILES string of the molecule is COc1ccc(Cn2c(=O)c3cc(OCC(F)F)ccc3n(C3CCN(C4=Cc5ccccc5C4C)CC3)c2=O)cc1OCC(N)=O. The number of halogens is 2. The third-order valence-corrected chi connectivity index (χ3v) is 8.86. The Kier molecular flexibility index (Phi) is 9.01. The maximum absolute atomic E-state index is 14.2. The van der Waals surface area contributed by atoms with Crippen molar-refractivity contribution in [3.05, 3.63) is 104 Å². The Balaban J connectivity index is 1.36. The van der Waals surface area contributed by atoms with E-state index in [1.165, 1.54) is 36.1 Å². The number of allylic oxidation sites excluding steroid dienone is 1. The van der Waals surface area contributed by atoms with Crippen LogP contribution in [0.25, 0.3) is 17.0 Å². The van der Waals surface area contributed by atoms with Crippen molar-refractivity contribution in [2.75, 3.05) is 33.4 Å². The number of carbonyl (C=O) groups is 1. The van der Waals surface area contributed by atoms with E-state index >= 15 is 0 Å². The van der Waals surface area contributed by atoms with E-state index in [4.69, 9.17) is 19.9 Å². The van der Waals surface area contributed by atoms with Gasteiger partial charge in [0.25, 0.3) is 17.9 Å². The highest BCUT2D eigenvalue weighted by atomic mass is 19.3.